The Bertz CT molecular complexity index is 843. The van der Waals surface area contributed by atoms with Gasteiger partial charge in [0, 0.05) is 12.1 Å². The Morgan fingerprint density at radius 3 is 2.64 bits per heavy atom. The second kappa shape index (κ2) is 7.29. The molecule has 0 radical (unpaired) electrons. The third-order valence-electron chi connectivity index (χ3n) is 3.53. The first-order chi connectivity index (χ1) is 12.1. The Kier molecular flexibility index (Phi) is 4.92. The number of aliphatic hydroxyl groups is 2. The van der Waals surface area contributed by atoms with Gasteiger partial charge in [0.05, 0.1) is 24.5 Å². The number of rotatable bonds is 6. The largest absolute Gasteiger partial charge is 0.472 e. The normalized spacial score (nSPS) is 12.1. The lowest BCUT2D eigenvalue weighted by Crippen LogP contribution is -2.34. The SMILES string of the molecule is O=C(NCC(O)CO)c1c(-c2ccc(F)cc2)noc1-c1ccoc1. The summed E-state index contributed by atoms with van der Waals surface area (Å²) in [6, 6.07) is 7.06. The molecule has 3 rings (SSSR count). The van der Waals surface area contributed by atoms with E-state index in [-0.39, 0.29) is 23.6 Å². The minimum Gasteiger partial charge on any atom is -0.472 e. The van der Waals surface area contributed by atoms with Crippen molar-refractivity contribution in [1.29, 1.82) is 0 Å². The highest BCUT2D eigenvalue weighted by Crippen LogP contribution is 2.32. The van der Waals surface area contributed by atoms with E-state index in [0.717, 1.165) is 0 Å². The lowest BCUT2D eigenvalue weighted by atomic mass is 10.0. The Hall–Kier alpha value is -2.97. The topological polar surface area (TPSA) is 109 Å². The van der Waals surface area contributed by atoms with Crippen LogP contribution >= 0.6 is 0 Å². The molecule has 1 amide bonds. The zero-order valence-corrected chi connectivity index (χ0v) is 13.0. The van der Waals surface area contributed by atoms with E-state index < -0.39 is 24.4 Å². The molecule has 130 valence electrons. The van der Waals surface area contributed by atoms with E-state index in [2.05, 4.69) is 10.5 Å². The van der Waals surface area contributed by atoms with Crippen LogP contribution in [-0.4, -0.2) is 40.5 Å². The highest BCUT2D eigenvalue weighted by atomic mass is 19.1. The maximum absolute atomic E-state index is 13.2. The summed E-state index contributed by atoms with van der Waals surface area (Å²) in [5.74, 6) is -0.785. The van der Waals surface area contributed by atoms with Crippen molar-refractivity contribution in [1.82, 2.24) is 10.5 Å². The summed E-state index contributed by atoms with van der Waals surface area (Å²) in [6.07, 6.45) is 1.73. The molecule has 1 atom stereocenters. The minimum atomic E-state index is -1.09. The van der Waals surface area contributed by atoms with Crippen molar-refractivity contribution >= 4 is 5.91 Å². The van der Waals surface area contributed by atoms with Gasteiger partial charge in [0.2, 0.25) is 0 Å². The molecule has 0 aliphatic rings. The highest BCUT2D eigenvalue weighted by Gasteiger charge is 2.26. The van der Waals surface area contributed by atoms with Crippen LogP contribution in [0, 0.1) is 5.82 Å². The number of hydrogen-bond acceptors (Lipinski definition) is 6. The Labute approximate surface area is 141 Å². The fraction of sp³-hybridized carbons (Fsp3) is 0.176. The number of benzene rings is 1. The fourth-order valence-corrected chi connectivity index (χ4v) is 2.26. The van der Waals surface area contributed by atoms with Gasteiger partial charge >= 0.3 is 0 Å². The average Bonchev–Trinajstić information content (AvgIpc) is 3.29. The van der Waals surface area contributed by atoms with Crippen molar-refractivity contribution in [3.05, 3.63) is 54.2 Å². The lowest BCUT2D eigenvalue weighted by Gasteiger charge is -2.09. The molecule has 2 aromatic heterocycles. The summed E-state index contributed by atoms with van der Waals surface area (Å²) < 4.78 is 23.5. The van der Waals surface area contributed by atoms with E-state index >= 15 is 0 Å². The number of nitrogens with one attached hydrogen (secondary N) is 1. The van der Waals surface area contributed by atoms with Crippen molar-refractivity contribution in [2.24, 2.45) is 0 Å². The molecule has 7 nitrogen and oxygen atoms in total. The molecule has 1 aromatic carbocycles. The summed E-state index contributed by atoms with van der Waals surface area (Å²) in [5, 5.41) is 24.7. The van der Waals surface area contributed by atoms with E-state index in [9.17, 15) is 14.3 Å². The third-order valence-corrected chi connectivity index (χ3v) is 3.53. The predicted octanol–water partition coefficient (Wildman–Crippen LogP) is 1.82. The van der Waals surface area contributed by atoms with Gasteiger partial charge in [-0.2, -0.15) is 0 Å². The number of nitrogens with zero attached hydrogens (tertiary/aromatic N) is 1. The summed E-state index contributed by atoms with van der Waals surface area (Å²) in [4.78, 5) is 12.6. The number of aliphatic hydroxyl groups excluding tert-OH is 2. The van der Waals surface area contributed by atoms with Gasteiger partial charge < -0.3 is 24.5 Å². The summed E-state index contributed by atoms with van der Waals surface area (Å²) in [7, 11) is 0. The molecule has 0 aliphatic heterocycles. The molecule has 2 heterocycles. The Morgan fingerprint density at radius 2 is 2.00 bits per heavy atom. The van der Waals surface area contributed by atoms with Crippen LogP contribution in [0.4, 0.5) is 4.39 Å². The van der Waals surface area contributed by atoms with Gasteiger partial charge in [0.1, 0.15) is 23.3 Å². The van der Waals surface area contributed by atoms with E-state index in [1.807, 2.05) is 0 Å². The van der Waals surface area contributed by atoms with Gasteiger partial charge in [-0.25, -0.2) is 4.39 Å². The van der Waals surface area contributed by atoms with Crippen molar-refractivity contribution in [3.8, 4) is 22.6 Å². The first kappa shape index (κ1) is 16.9. The second-order valence-electron chi connectivity index (χ2n) is 5.30. The Balaban J connectivity index is 2.01. The van der Waals surface area contributed by atoms with Gasteiger partial charge in [0.15, 0.2) is 5.76 Å². The summed E-state index contributed by atoms with van der Waals surface area (Å²) >= 11 is 0. The first-order valence-electron chi connectivity index (χ1n) is 7.45. The number of halogens is 1. The molecule has 3 N–H and O–H groups in total. The second-order valence-corrected chi connectivity index (χ2v) is 5.30. The van der Waals surface area contributed by atoms with Crippen LogP contribution in [0.25, 0.3) is 22.6 Å². The van der Waals surface area contributed by atoms with Crippen LogP contribution in [0.3, 0.4) is 0 Å². The van der Waals surface area contributed by atoms with Gasteiger partial charge in [-0.3, -0.25) is 4.79 Å². The quantitative estimate of drug-likeness (QED) is 0.628. The third kappa shape index (κ3) is 3.59. The van der Waals surface area contributed by atoms with Crippen molar-refractivity contribution in [3.63, 3.8) is 0 Å². The first-order valence-corrected chi connectivity index (χ1v) is 7.45. The zero-order chi connectivity index (χ0) is 17.8. The van der Waals surface area contributed by atoms with Crippen LogP contribution in [0.1, 0.15) is 10.4 Å². The smallest absolute Gasteiger partial charge is 0.257 e. The van der Waals surface area contributed by atoms with E-state index in [4.69, 9.17) is 14.0 Å². The molecule has 3 aromatic rings. The van der Waals surface area contributed by atoms with Crippen LogP contribution in [-0.2, 0) is 0 Å². The zero-order valence-electron chi connectivity index (χ0n) is 13.0. The standard InChI is InChI=1S/C17H15FN2O5/c18-12-3-1-10(2-4-12)15-14(17(23)19-7-13(22)8-21)16(25-20-15)11-5-6-24-9-11/h1-6,9,13,21-22H,7-8H2,(H,19,23). The van der Waals surface area contributed by atoms with E-state index in [0.29, 0.717) is 11.1 Å². The van der Waals surface area contributed by atoms with Crippen molar-refractivity contribution in [2.45, 2.75) is 6.10 Å². The number of hydrogen-bond donors (Lipinski definition) is 3. The molecule has 1 unspecified atom stereocenters. The predicted molar refractivity (Wildman–Crippen MR) is 85.0 cm³/mol. The van der Waals surface area contributed by atoms with E-state index in [1.165, 1.54) is 36.8 Å². The van der Waals surface area contributed by atoms with Crippen molar-refractivity contribution in [2.75, 3.05) is 13.2 Å². The van der Waals surface area contributed by atoms with Gasteiger partial charge in [0.25, 0.3) is 5.91 Å². The van der Waals surface area contributed by atoms with Crippen LogP contribution in [0.15, 0.2) is 51.8 Å². The molecule has 25 heavy (non-hydrogen) atoms. The average molecular weight is 346 g/mol. The van der Waals surface area contributed by atoms with Crippen LogP contribution < -0.4 is 5.32 Å². The molecule has 8 heteroatoms. The highest BCUT2D eigenvalue weighted by molar-refractivity contribution is 6.04. The molecule has 0 spiro atoms. The monoisotopic (exact) mass is 346 g/mol. The molecule has 0 bridgehead atoms. The van der Waals surface area contributed by atoms with Crippen molar-refractivity contribution < 1.29 is 28.3 Å². The summed E-state index contributed by atoms with van der Waals surface area (Å²) in [6.45, 7) is -0.627. The Morgan fingerprint density at radius 1 is 1.24 bits per heavy atom. The lowest BCUT2D eigenvalue weighted by molar-refractivity contribution is 0.0802. The molecule has 0 saturated carbocycles. The molecular weight excluding hydrogens is 331 g/mol. The van der Waals surface area contributed by atoms with Crippen LogP contribution in [0.5, 0.6) is 0 Å². The summed E-state index contributed by atoms with van der Waals surface area (Å²) in [5.41, 5.74) is 1.35. The van der Waals surface area contributed by atoms with Gasteiger partial charge in [-0.05, 0) is 30.3 Å². The number of amides is 1. The molecule has 0 fully saturated rings. The fourth-order valence-electron chi connectivity index (χ4n) is 2.26. The molecule has 0 aliphatic carbocycles. The molecular formula is C17H15FN2O5. The number of furan rings is 1. The maximum Gasteiger partial charge on any atom is 0.257 e. The molecule has 0 saturated heterocycles. The number of aromatic nitrogens is 1. The van der Waals surface area contributed by atoms with E-state index in [1.54, 1.807) is 6.07 Å². The minimum absolute atomic E-state index is 0.123. The maximum atomic E-state index is 13.2. The van der Waals surface area contributed by atoms with Crippen LogP contribution in [0.2, 0.25) is 0 Å². The van der Waals surface area contributed by atoms with Gasteiger partial charge in [-0.1, -0.05) is 5.16 Å². The van der Waals surface area contributed by atoms with Gasteiger partial charge in [-0.15, -0.1) is 0 Å². The number of carbonyl (C=O) groups excluding carboxylic acids is 1. The number of carbonyl (C=O) groups is 1.